The highest BCUT2D eigenvalue weighted by molar-refractivity contribution is 5.76. The molecule has 1 fully saturated rings. The Hall–Kier alpha value is -2.55. The number of aromatic nitrogens is 2. The number of hydrogen-bond donors (Lipinski definition) is 0. The molecule has 1 aromatic carbocycles. The minimum atomic E-state index is -4.51. The Morgan fingerprint density at radius 2 is 1.96 bits per heavy atom. The molecule has 0 N–H and O–H groups in total. The van der Waals surface area contributed by atoms with Crippen molar-refractivity contribution in [3.8, 4) is 5.75 Å². The summed E-state index contributed by atoms with van der Waals surface area (Å²) in [5.41, 5.74) is 0.175. The number of methoxy groups -OCH3 is 1. The topological polar surface area (TPSA) is 50.6 Å². The van der Waals surface area contributed by atoms with E-state index < -0.39 is 17.8 Å². The van der Waals surface area contributed by atoms with Gasteiger partial charge in [-0.1, -0.05) is 12.1 Å². The molecule has 9 heteroatoms. The third-order valence-corrected chi connectivity index (χ3v) is 4.29. The molecule has 0 saturated carbocycles. The molecule has 2 heterocycles. The predicted octanol–water partition coefficient (Wildman–Crippen LogP) is 2.70. The first-order valence-electron chi connectivity index (χ1n) is 8.13. The smallest absolute Gasteiger partial charge is 0.419 e. The summed E-state index contributed by atoms with van der Waals surface area (Å²) in [6.45, 7) is 2.86. The van der Waals surface area contributed by atoms with Crippen LogP contribution >= 0.6 is 0 Å². The lowest BCUT2D eigenvalue weighted by Gasteiger charge is -2.34. The number of nitrogens with zero attached hydrogens (tertiary/aromatic N) is 4. The van der Waals surface area contributed by atoms with E-state index in [-0.39, 0.29) is 0 Å². The van der Waals surface area contributed by atoms with Crippen LogP contribution in [0.15, 0.2) is 36.7 Å². The Morgan fingerprint density at radius 3 is 2.58 bits per heavy atom. The number of alkyl halides is 3. The molecule has 0 unspecified atom stereocenters. The Kier molecular flexibility index (Phi) is 5.17. The van der Waals surface area contributed by atoms with Crippen molar-refractivity contribution in [2.75, 3.05) is 33.3 Å². The summed E-state index contributed by atoms with van der Waals surface area (Å²) in [5, 5.41) is 3.54. The van der Waals surface area contributed by atoms with Gasteiger partial charge in [-0.05, 0) is 17.7 Å². The van der Waals surface area contributed by atoms with Crippen LogP contribution in [0.1, 0.15) is 11.1 Å². The average Bonchev–Trinajstić information content (AvgIpc) is 3.12. The number of rotatable bonds is 3. The van der Waals surface area contributed by atoms with Crippen LogP contribution in [-0.4, -0.2) is 58.9 Å². The van der Waals surface area contributed by atoms with Crippen LogP contribution in [0.4, 0.5) is 18.0 Å². The van der Waals surface area contributed by atoms with Crippen LogP contribution in [0.3, 0.4) is 0 Å². The zero-order valence-corrected chi connectivity index (χ0v) is 14.2. The van der Waals surface area contributed by atoms with Gasteiger partial charge in [-0.2, -0.15) is 23.0 Å². The van der Waals surface area contributed by atoms with E-state index in [1.54, 1.807) is 7.11 Å². The molecule has 1 aromatic heterocycles. The first-order chi connectivity index (χ1) is 12.4. The SMILES string of the molecule is COc1cccc(CN2CCN(C(=O)n3cc(C(F)(F)F)cn3)CC2)c1. The molecule has 0 spiro atoms. The standard InChI is InChI=1S/C17H19F3N4O2/c1-26-15-4-2-3-13(9-15)11-22-5-7-23(8-6-22)16(25)24-12-14(10-21-24)17(18,19)20/h2-4,9-10,12H,5-8,11H2,1H3. The number of halogens is 3. The van der Waals surface area contributed by atoms with E-state index in [0.717, 1.165) is 28.7 Å². The molecule has 6 nitrogen and oxygen atoms in total. The van der Waals surface area contributed by atoms with Crippen molar-refractivity contribution in [3.63, 3.8) is 0 Å². The molecular weight excluding hydrogens is 349 g/mol. The largest absolute Gasteiger partial charge is 0.497 e. The lowest BCUT2D eigenvalue weighted by molar-refractivity contribution is -0.137. The van der Waals surface area contributed by atoms with Crippen LogP contribution in [0.25, 0.3) is 0 Å². The summed E-state index contributed by atoms with van der Waals surface area (Å²) in [6.07, 6.45) is -3.12. The Labute approximate surface area is 148 Å². The summed E-state index contributed by atoms with van der Waals surface area (Å²) < 4.78 is 43.8. The third-order valence-electron chi connectivity index (χ3n) is 4.29. The van der Waals surface area contributed by atoms with Crippen LogP contribution in [-0.2, 0) is 12.7 Å². The third kappa shape index (κ3) is 4.16. The van der Waals surface area contributed by atoms with Crippen LogP contribution in [0, 0.1) is 0 Å². The molecule has 0 aliphatic carbocycles. The highest BCUT2D eigenvalue weighted by Gasteiger charge is 2.33. The molecule has 2 aromatic rings. The first kappa shape index (κ1) is 18.2. The predicted molar refractivity (Wildman–Crippen MR) is 87.9 cm³/mol. The fourth-order valence-corrected chi connectivity index (χ4v) is 2.84. The molecular formula is C17H19F3N4O2. The maximum absolute atomic E-state index is 12.6. The first-order valence-corrected chi connectivity index (χ1v) is 8.13. The molecule has 0 atom stereocenters. The van der Waals surface area contributed by atoms with Gasteiger partial charge in [-0.3, -0.25) is 4.90 Å². The lowest BCUT2D eigenvalue weighted by Crippen LogP contribution is -2.49. The minimum Gasteiger partial charge on any atom is -0.497 e. The number of amides is 1. The van der Waals surface area contributed by atoms with Gasteiger partial charge in [0.25, 0.3) is 0 Å². The fraction of sp³-hybridized carbons (Fsp3) is 0.412. The van der Waals surface area contributed by atoms with Gasteiger partial charge >= 0.3 is 12.2 Å². The van der Waals surface area contributed by atoms with E-state index in [4.69, 9.17) is 4.74 Å². The van der Waals surface area contributed by atoms with Crippen molar-refractivity contribution in [1.82, 2.24) is 19.6 Å². The number of hydrogen-bond acceptors (Lipinski definition) is 4. The Bertz CT molecular complexity index is 767. The van der Waals surface area contributed by atoms with Gasteiger partial charge in [0, 0.05) is 38.9 Å². The van der Waals surface area contributed by atoms with E-state index in [0.29, 0.717) is 32.4 Å². The van der Waals surface area contributed by atoms with E-state index in [9.17, 15) is 18.0 Å². The van der Waals surface area contributed by atoms with Crippen molar-refractivity contribution < 1.29 is 22.7 Å². The second kappa shape index (κ2) is 7.36. The monoisotopic (exact) mass is 368 g/mol. The molecule has 140 valence electrons. The van der Waals surface area contributed by atoms with Gasteiger partial charge in [0.15, 0.2) is 0 Å². The van der Waals surface area contributed by atoms with Gasteiger partial charge in [0.1, 0.15) is 5.75 Å². The summed E-state index contributed by atoms with van der Waals surface area (Å²) in [6, 6.07) is 7.22. The number of carbonyl (C=O) groups is 1. The van der Waals surface area contributed by atoms with E-state index in [1.807, 2.05) is 24.3 Å². The van der Waals surface area contributed by atoms with E-state index >= 15 is 0 Å². The van der Waals surface area contributed by atoms with Crippen molar-refractivity contribution in [3.05, 3.63) is 47.8 Å². The van der Waals surface area contributed by atoms with Gasteiger partial charge in [0.2, 0.25) is 0 Å². The van der Waals surface area contributed by atoms with Crippen LogP contribution in [0.2, 0.25) is 0 Å². The highest BCUT2D eigenvalue weighted by atomic mass is 19.4. The lowest BCUT2D eigenvalue weighted by atomic mass is 10.2. The second-order valence-corrected chi connectivity index (χ2v) is 6.07. The quantitative estimate of drug-likeness (QED) is 0.836. The molecule has 3 rings (SSSR count). The molecule has 0 radical (unpaired) electrons. The van der Waals surface area contributed by atoms with Crippen LogP contribution < -0.4 is 4.74 Å². The zero-order chi connectivity index (χ0) is 18.7. The van der Waals surface area contributed by atoms with E-state index in [1.165, 1.54) is 4.90 Å². The van der Waals surface area contributed by atoms with Crippen molar-refractivity contribution in [1.29, 1.82) is 0 Å². The summed E-state index contributed by atoms with van der Waals surface area (Å²) in [5.74, 6) is 0.787. The fourth-order valence-electron chi connectivity index (χ4n) is 2.84. The van der Waals surface area contributed by atoms with Crippen molar-refractivity contribution in [2.24, 2.45) is 0 Å². The van der Waals surface area contributed by atoms with Crippen LogP contribution in [0.5, 0.6) is 5.75 Å². The number of ether oxygens (including phenoxy) is 1. The zero-order valence-electron chi connectivity index (χ0n) is 14.2. The molecule has 1 amide bonds. The normalized spacial score (nSPS) is 15.9. The maximum Gasteiger partial charge on any atom is 0.419 e. The molecule has 1 aliphatic heterocycles. The van der Waals surface area contributed by atoms with Gasteiger partial charge in [-0.25, -0.2) is 4.79 Å². The maximum atomic E-state index is 12.6. The van der Waals surface area contributed by atoms with Crippen molar-refractivity contribution in [2.45, 2.75) is 12.7 Å². The number of benzene rings is 1. The summed E-state index contributed by atoms with van der Waals surface area (Å²) >= 11 is 0. The molecule has 0 bridgehead atoms. The number of carbonyl (C=O) groups excluding carboxylic acids is 1. The number of piperazine rings is 1. The molecule has 26 heavy (non-hydrogen) atoms. The average molecular weight is 368 g/mol. The highest BCUT2D eigenvalue weighted by Crippen LogP contribution is 2.28. The molecule has 1 aliphatic rings. The van der Waals surface area contributed by atoms with Crippen molar-refractivity contribution >= 4 is 6.03 Å². The summed E-state index contributed by atoms with van der Waals surface area (Å²) in [4.78, 5) is 16.0. The van der Waals surface area contributed by atoms with Gasteiger partial charge in [0.05, 0.1) is 18.9 Å². The second-order valence-electron chi connectivity index (χ2n) is 6.07. The minimum absolute atomic E-state index is 0.435. The molecule has 1 saturated heterocycles. The van der Waals surface area contributed by atoms with E-state index in [2.05, 4.69) is 10.00 Å². The van der Waals surface area contributed by atoms with Gasteiger partial charge in [-0.15, -0.1) is 0 Å². The Balaban J connectivity index is 1.56. The summed E-state index contributed by atoms with van der Waals surface area (Å²) in [7, 11) is 1.61. The Morgan fingerprint density at radius 1 is 1.23 bits per heavy atom. The van der Waals surface area contributed by atoms with Gasteiger partial charge < -0.3 is 9.64 Å².